The Morgan fingerprint density at radius 1 is 1.00 bits per heavy atom. The minimum Gasteiger partial charge on any atom is -0.481 e. The number of anilines is 3. The molecule has 0 atom stereocenters. The van der Waals surface area contributed by atoms with Gasteiger partial charge in [-0.15, -0.1) is 0 Å². The Morgan fingerprint density at radius 2 is 1.79 bits per heavy atom. The minimum atomic E-state index is 0.155. The van der Waals surface area contributed by atoms with Gasteiger partial charge < -0.3 is 24.3 Å². The van der Waals surface area contributed by atoms with E-state index in [-0.39, 0.29) is 6.04 Å². The van der Waals surface area contributed by atoms with Gasteiger partial charge >= 0.3 is 0 Å². The van der Waals surface area contributed by atoms with Gasteiger partial charge in [-0.1, -0.05) is 0 Å². The number of ether oxygens (including phenoxy) is 2. The summed E-state index contributed by atoms with van der Waals surface area (Å²) in [4.78, 5) is 20.6. The van der Waals surface area contributed by atoms with Crippen molar-refractivity contribution in [3.63, 3.8) is 0 Å². The van der Waals surface area contributed by atoms with Crippen LogP contribution in [0.2, 0.25) is 0 Å². The van der Waals surface area contributed by atoms with Crippen molar-refractivity contribution in [2.75, 3.05) is 43.6 Å². The molecule has 1 aliphatic rings. The Bertz CT molecular complexity index is 1230. The van der Waals surface area contributed by atoms with E-state index in [1.165, 1.54) is 5.69 Å². The molecule has 0 radical (unpaired) electrons. The normalized spacial score (nSPS) is 14.1. The molecule has 1 aromatic carbocycles. The first-order chi connectivity index (χ1) is 16.1. The van der Waals surface area contributed by atoms with Crippen LogP contribution in [-0.4, -0.2) is 57.9 Å². The molecule has 0 amide bonds. The molecule has 1 fully saturated rings. The van der Waals surface area contributed by atoms with Gasteiger partial charge in [-0.25, -0.2) is 19.9 Å². The van der Waals surface area contributed by atoms with Crippen molar-refractivity contribution >= 4 is 28.4 Å². The molecule has 33 heavy (non-hydrogen) atoms. The van der Waals surface area contributed by atoms with Crippen LogP contribution in [0.3, 0.4) is 0 Å². The summed E-state index contributed by atoms with van der Waals surface area (Å²) in [5, 5.41) is 3.42. The molecule has 4 heterocycles. The zero-order chi connectivity index (χ0) is 22.8. The average molecular weight is 446 g/mol. The van der Waals surface area contributed by atoms with E-state index in [1.807, 2.05) is 12.1 Å². The maximum Gasteiger partial charge on any atom is 0.212 e. The van der Waals surface area contributed by atoms with Crippen LogP contribution in [0.15, 0.2) is 48.9 Å². The van der Waals surface area contributed by atoms with Crippen molar-refractivity contribution in [3.05, 3.63) is 48.9 Å². The van der Waals surface area contributed by atoms with Gasteiger partial charge in [-0.2, -0.15) is 0 Å². The van der Waals surface area contributed by atoms with Crippen LogP contribution in [0.4, 0.5) is 17.2 Å². The molecule has 0 saturated carbocycles. The Balaban J connectivity index is 1.48. The van der Waals surface area contributed by atoms with Gasteiger partial charge in [-0.3, -0.25) is 0 Å². The van der Waals surface area contributed by atoms with Gasteiger partial charge in [-0.05, 0) is 44.2 Å². The summed E-state index contributed by atoms with van der Waals surface area (Å²) in [5.74, 6) is 2.02. The topological polar surface area (TPSA) is 90.2 Å². The lowest BCUT2D eigenvalue weighted by Gasteiger charge is -2.28. The highest BCUT2D eigenvalue weighted by Crippen LogP contribution is 2.31. The maximum atomic E-state index is 5.45. The number of imidazole rings is 1. The lowest BCUT2D eigenvalue weighted by molar-refractivity contribution is 0.122. The summed E-state index contributed by atoms with van der Waals surface area (Å²) in [6, 6.07) is 12.3. The van der Waals surface area contributed by atoms with Crippen LogP contribution < -0.4 is 15.0 Å². The summed E-state index contributed by atoms with van der Waals surface area (Å²) in [5.41, 5.74) is 4.52. The second-order valence-electron chi connectivity index (χ2n) is 8.15. The van der Waals surface area contributed by atoms with Crippen LogP contribution in [0.25, 0.3) is 22.6 Å². The lowest BCUT2D eigenvalue weighted by Crippen LogP contribution is -2.36. The number of hydrogen-bond acceptors (Lipinski definition) is 8. The molecular weight excluding hydrogens is 418 g/mol. The Morgan fingerprint density at radius 3 is 2.45 bits per heavy atom. The van der Waals surface area contributed by atoms with E-state index in [2.05, 4.69) is 67.8 Å². The summed E-state index contributed by atoms with van der Waals surface area (Å²) in [6.45, 7) is 7.58. The van der Waals surface area contributed by atoms with Gasteiger partial charge in [0.25, 0.3) is 0 Å². The summed E-state index contributed by atoms with van der Waals surface area (Å²) in [7, 11) is 1.60. The molecule has 0 bridgehead atoms. The largest absolute Gasteiger partial charge is 0.481 e. The summed E-state index contributed by atoms with van der Waals surface area (Å²) < 4.78 is 12.7. The van der Waals surface area contributed by atoms with Gasteiger partial charge in [0.2, 0.25) is 5.88 Å². The van der Waals surface area contributed by atoms with E-state index >= 15 is 0 Å². The molecule has 0 spiro atoms. The van der Waals surface area contributed by atoms with E-state index in [0.29, 0.717) is 17.2 Å². The fraction of sp³-hybridized carbons (Fsp3) is 0.333. The predicted molar refractivity (Wildman–Crippen MR) is 128 cm³/mol. The molecule has 4 aromatic rings. The minimum absolute atomic E-state index is 0.155. The number of morpholine rings is 1. The van der Waals surface area contributed by atoms with Crippen LogP contribution >= 0.6 is 0 Å². The number of aromatic nitrogens is 5. The highest BCUT2D eigenvalue weighted by molar-refractivity contribution is 5.88. The quantitative estimate of drug-likeness (QED) is 0.475. The van der Waals surface area contributed by atoms with Crippen molar-refractivity contribution in [1.82, 2.24) is 24.5 Å². The standard InChI is InChI=1S/C24H27N7O2/c1-16(2)31-23(17-4-9-20(32-3)25-14-17)29-21-22(26-15-27-24(21)31)28-18-5-7-19(8-6-18)30-10-12-33-13-11-30/h4-9,14-16H,10-13H2,1-3H3,(H,26,27,28). The fourth-order valence-electron chi connectivity index (χ4n) is 4.04. The third-order valence-electron chi connectivity index (χ3n) is 5.70. The van der Waals surface area contributed by atoms with Crippen LogP contribution in [0.1, 0.15) is 19.9 Å². The smallest absolute Gasteiger partial charge is 0.212 e. The molecule has 5 rings (SSSR count). The number of nitrogens with zero attached hydrogens (tertiary/aromatic N) is 6. The Hall–Kier alpha value is -3.72. The fourth-order valence-corrected chi connectivity index (χ4v) is 4.04. The molecule has 1 aliphatic heterocycles. The van der Waals surface area contributed by atoms with E-state index in [1.54, 1.807) is 19.6 Å². The number of hydrogen-bond donors (Lipinski definition) is 1. The Kier molecular flexibility index (Phi) is 5.78. The van der Waals surface area contributed by atoms with Gasteiger partial charge in [0, 0.05) is 48.3 Å². The first kappa shape index (κ1) is 21.1. The van der Waals surface area contributed by atoms with E-state index in [4.69, 9.17) is 14.5 Å². The third-order valence-corrected chi connectivity index (χ3v) is 5.70. The second kappa shape index (κ2) is 9.03. The second-order valence-corrected chi connectivity index (χ2v) is 8.15. The number of methoxy groups -OCH3 is 1. The number of benzene rings is 1. The number of nitrogens with one attached hydrogen (secondary N) is 1. The van der Waals surface area contributed by atoms with Gasteiger partial charge in [0.15, 0.2) is 17.0 Å². The molecule has 1 saturated heterocycles. The molecule has 0 unspecified atom stereocenters. The molecule has 0 aliphatic carbocycles. The number of pyridine rings is 1. The highest BCUT2D eigenvalue weighted by atomic mass is 16.5. The van der Waals surface area contributed by atoms with Crippen molar-refractivity contribution in [2.24, 2.45) is 0 Å². The number of rotatable bonds is 6. The zero-order valence-electron chi connectivity index (χ0n) is 19.0. The van der Waals surface area contributed by atoms with Gasteiger partial charge in [0.05, 0.1) is 20.3 Å². The molecule has 9 heteroatoms. The molecule has 1 N–H and O–H groups in total. The molecular formula is C24H27N7O2. The summed E-state index contributed by atoms with van der Waals surface area (Å²) in [6.07, 6.45) is 3.34. The monoisotopic (exact) mass is 445 g/mol. The van der Waals surface area contributed by atoms with Gasteiger partial charge in [0.1, 0.15) is 12.2 Å². The molecule has 3 aromatic heterocycles. The van der Waals surface area contributed by atoms with Crippen molar-refractivity contribution < 1.29 is 9.47 Å². The SMILES string of the molecule is COc1ccc(-c2nc3c(Nc4ccc(N5CCOCC5)cc4)ncnc3n2C(C)C)cn1. The van der Waals surface area contributed by atoms with Crippen LogP contribution in [-0.2, 0) is 4.74 Å². The van der Waals surface area contributed by atoms with Crippen molar-refractivity contribution in [3.8, 4) is 17.3 Å². The predicted octanol–water partition coefficient (Wildman–Crippen LogP) is 4.06. The zero-order valence-corrected chi connectivity index (χ0v) is 19.0. The first-order valence-corrected chi connectivity index (χ1v) is 11.1. The summed E-state index contributed by atoms with van der Waals surface area (Å²) >= 11 is 0. The van der Waals surface area contributed by atoms with Crippen molar-refractivity contribution in [2.45, 2.75) is 19.9 Å². The Labute approximate surface area is 192 Å². The molecule has 9 nitrogen and oxygen atoms in total. The average Bonchev–Trinajstić information content (AvgIpc) is 3.26. The third kappa shape index (κ3) is 4.19. The van der Waals surface area contributed by atoms with E-state index in [9.17, 15) is 0 Å². The van der Waals surface area contributed by atoms with Crippen LogP contribution in [0.5, 0.6) is 5.88 Å². The molecule has 170 valence electrons. The number of fused-ring (bicyclic) bond motifs is 1. The maximum absolute atomic E-state index is 5.45. The first-order valence-electron chi connectivity index (χ1n) is 11.1. The van der Waals surface area contributed by atoms with Crippen molar-refractivity contribution in [1.29, 1.82) is 0 Å². The van der Waals surface area contributed by atoms with E-state index in [0.717, 1.165) is 49.0 Å². The lowest BCUT2D eigenvalue weighted by atomic mass is 10.2. The van der Waals surface area contributed by atoms with E-state index < -0.39 is 0 Å². The van der Waals surface area contributed by atoms with Crippen LogP contribution in [0, 0.1) is 0 Å². The highest BCUT2D eigenvalue weighted by Gasteiger charge is 2.20.